The number of benzene rings is 1. The van der Waals surface area contributed by atoms with Crippen LogP contribution in [-0.4, -0.2) is 31.4 Å². The summed E-state index contributed by atoms with van der Waals surface area (Å²) >= 11 is 0. The minimum Gasteiger partial charge on any atom is -0.492 e. The first-order valence-electron chi connectivity index (χ1n) is 5.57. The topological polar surface area (TPSA) is 41.5 Å². The van der Waals surface area contributed by atoms with Gasteiger partial charge in [0.05, 0.1) is 12.6 Å². The summed E-state index contributed by atoms with van der Waals surface area (Å²) in [7, 11) is 1.82. The van der Waals surface area contributed by atoms with Gasteiger partial charge in [0.15, 0.2) is 0 Å². The summed E-state index contributed by atoms with van der Waals surface area (Å²) in [4.78, 5) is 0. The molecule has 0 amide bonds. The molecule has 0 aliphatic heterocycles. The molecule has 0 heterocycles. The molecule has 1 atom stereocenters. The molecule has 3 heteroatoms. The van der Waals surface area contributed by atoms with Gasteiger partial charge in [-0.1, -0.05) is 6.07 Å². The Balaban J connectivity index is 2.73. The van der Waals surface area contributed by atoms with E-state index in [1.807, 2.05) is 13.1 Å². The van der Waals surface area contributed by atoms with Gasteiger partial charge in [0.2, 0.25) is 0 Å². The maximum absolute atomic E-state index is 9.04. The van der Waals surface area contributed by atoms with Gasteiger partial charge in [-0.3, -0.25) is 0 Å². The molecule has 1 aromatic carbocycles. The molecule has 3 nitrogen and oxygen atoms in total. The van der Waals surface area contributed by atoms with E-state index in [0.717, 1.165) is 5.75 Å². The van der Waals surface area contributed by atoms with Crippen LogP contribution in [0.25, 0.3) is 0 Å². The third-order valence-electron chi connectivity index (χ3n) is 2.83. The van der Waals surface area contributed by atoms with E-state index in [0.29, 0.717) is 6.61 Å². The number of aryl methyl sites for hydroxylation is 2. The van der Waals surface area contributed by atoms with Crippen molar-refractivity contribution in [3.8, 4) is 5.75 Å². The highest BCUT2D eigenvalue weighted by Crippen LogP contribution is 2.23. The van der Waals surface area contributed by atoms with Gasteiger partial charge in [-0.2, -0.15) is 0 Å². The van der Waals surface area contributed by atoms with Crippen LogP contribution in [0, 0.1) is 20.8 Å². The van der Waals surface area contributed by atoms with Crippen molar-refractivity contribution in [2.24, 2.45) is 0 Å². The molecule has 0 bridgehead atoms. The fourth-order valence-corrected chi connectivity index (χ4v) is 1.57. The molecule has 0 aliphatic carbocycles. The van der Waals surface area contributed by atoms with Gasteiger partial charge >= 0.3 is 0 Å². The van der Waals surface area contributed by atoms with Crippen LogP contribution in [-0.2, 0) is 0 Å². The van der Waals surface area contributed by atoms with Crippen LogP contribution in [0.2, 0.25) is 0 Å². The molecule has 0 aromatic heterocycles. The van der Waals surface area contributed by atoms with Gasteiger partial charge < -0.3 is 15.2 Å². The zero-order chi connectivity index (χ0) is 12.1. The van der Waals surface area contributed by atoms with E-state index < -0.39 is 0 Å². The van der Waals surface area contributed by atoms with Gasteiger partial charge in [0.25, 0.3) is 0 Å². The molecule has 16 heavy (non-hydrogen) atoms. The van der Waals surface area contributed by atoms with E-state index in [1.165, 1.54) is 16.7 Å². The fourth-order valence-electron chi connectivity index (χ4n) is 1.57. The number of hydrogen-bond acceptors (Lipinski definition) is 3. The van der Waals surface area contributed by atoms with Crippen molar-refractivity contribution in [3.05, 3.63) is 28.8 Å². The molecule has 0 spiro atoms. The summed E-state index contributed by atoms with van der Waals surface area (Å²) in [6.45, 7) is 6.76. The zero-order valence-electron chi connectivity index (χ0n) is 10.5. The van der Waals surface area contributed by atoms with Crippen LogP contribution in [0.5, 0.6) is 5.75 Å². The largest absolute Gasteiger partial charge is 0.492 e. The highest BCUT2D eigenvalue weighted by atomic mass is 16.5. The molecule has 0 radical (unpaired) electrons. The predicted molar refractivity (Wildman–Crippen MR) is 66.1 cm³/mol. The second-order valence-electron chi connectivity index (χ2n) is 4.18. The van der Waals surface area contributed by atoms with Crippen molar-refractivity contribution >= 4 is 0 Å². The Hall–Kier alpha value is -1.06. The Bertz CT molecular complexity index is 346. The highest BCUT2D eigenvalue weighted by molar-refractivity contribution is 5.41. The van der Waals surface area contributed by atoms with Crippen molar-refractivity contribution in [3.63, 3.8) is 0 Å². The van der Waals surface area contributed by atoms with Crippen LogP contribution in [0.4, 0.5) is 0 Å². The highest BCUT2D eigenvalue weighted by Gasteiger charge is 2.08. The minimum atomic E-state index is -0.0137. The lowest BCUT2D eigenvalue weighted by Crippen LogP contribution is -2.35. The maximum Gasteiger partial charge on any atom is 0.122 e. The summed E-state index contributed by atoms with van der Waals surface area (Å²) in [5.74, 6) is 0.909. The van der Waals surface area contributed by atoms with Crippen molar-refractivity contribution in [1.29, 1.82) is 0 Å². The third kappa shape index (κ3) is 3.22. The van der Waals surface area contributed by atoms with Gasteiger partial charge in [0.1, 0.15) is 12.4 Å². The van der Waals surface area contributed by atoms with E-state index >= 15 is 0 Å². The third-order valence-corrected chi connectivity index (χ3v) is 2.83. The Morgan fingerprint density at radius 1 is 1.31 bits per heavy atom. The van der Waals surface area contributed by atoms with E-state index in [9.17, 15) is 0 Å². The number of likely N-dealkylation sites (N-methyl/N-ethyl adjacent to an activating group) is 1. The monoisotopic (exact) mass is 223 g/mol. The van der Waals surface area contributed by atoms with Crippen LogP contribution < -0.4 is 10.1 Å². The van der Waals surface area contributed by atoms with Crippen LogP contribution in [0.1, 0.15) is 16.7 Å². The van der Waals surface area contributed by atoms with Gasteiger partial charge in [-0.25, -0.2) is 0 Å². The first-order chi connectivity index (χ1) is 7.58. The Morgan fingerprint density at radius 3 is 2.56 bits per heavy atom. The number of aliphatic hydroxyl groups excluding tert-OH is 1. The predicted octanol–water partition coefficient (Wildman–Crippen LogP) is 1.57. The molecule has 90 valence electrons. The van der Waals surface area contributed by atoms with Gasteiger partial charge in [0, 0.05) is 0 Å². The molecule has 0 fully saturated rings. The number of hydrogen-bond donors (Lipinski definition) is 2. The van der Waals surface area contributed by atoms with Gasteiger partial charge in [-0.15, -0.1) is 0 Å². The summed E-state index contributed by atoms with van der Waals surface area (Å²) in [5, 5.41) is 12.0. The molecule has 0 saturated heterocycles. The smallest absolute Gasteiger partial charge is 0.122 e. The Labute approximate surface area is 97.4 Å². The van der Waals surface area contributed by atoms with Crippen molar-refractivity contribution in [2.75, 3.05) is 20.3 Å². The molecular weight excluding hydrogens is 202 g/mol. The lowest BCUT2D eigenvalue weighted by Gasteiger charge is -2.17. The van der Waals surface area contributed by atoms with E-state index in [2.05, 4.69) is 32.2 Å². The number of rotatable bonds is 5. The fraction of sp³-hybridized carbons (Fsp3) is 0.538. The minimum absolute atomic E-state index is 0.0137. The van der Waals surface area contributed by atoms with Crippen LogP contribution in [0.15, 0.2) is 12.1 Å². The van der Waals surface area contributed by atoms with E-state index in [1.54, 1.807) is 0 Å². The number of aliphatic hydroxyl groups is 1. The van der Waals surface area contributed by atoms with E-state index in [4.69, 9.17) is 9.84 Å². The first-order valence-corrected chi connectivity index (χ1v) is 5.57. The molecule has 2 N–H and O–H groups in total. The summed E-state index contributed by atoms with van der Waals surface area (Å²) < 4.78 is 5.72. The molecule has 1 aromatic rings. The van der Waals surface area contributed by atoms with Gasteiger partial charge in [-0.05, 0) is 50.6 Å². The molecule has 1 unspecified atom stereocenters. The lowest BCUT2D eigenvalue weighted by atomic mass is 10.1. The normalized spacial score (nSPS) is 12.6. The molecule has 0 saturated carbocycles. The standard InChI is InChI=1S/C13H21NO2/c1-9-5-10(2)11(3)13(6-9)16-8-12(7-15)14-4/h5-6,12,14-15H,7-8H2,1-4H3. The number of nitrogens with one attached hydrogen (secondary N) is 1. The number of ether oxygens (including phenoxy) is 1. The molecular formula is C13H21NO2. The quantitative estimate of drug-likeness (QED) is 0.796. The van der Waals surface area contributed by atoms with E-state index in [-0.39, 0.29) is 12.6 Å². The van der Waals surface area contributed by atoms with Crippen molar-refractivity contribution in [1.82, 2.24) is 5.32 Å². The zero-order valence-corrected chi connectivity index (χ0v) is 10.5. The maximum atomic E-state index is 9.04. The first kappa shape index (κ1) is 13.0. The van der Waals surface area contributed by atoms with Crippen molar-refractivity contribution < 1.29 is 9.84 Å². The summed E-state index contributed by atoms with van der Waals surface area (Å²) in [6, 6.07) is 4.16. The van der Waals surface area contributed by atoms with Crippen molar-refractivity contribution in [2.45, 2.75) is 26.8 Å². The lowest BCUT2D eigenvalue weighted by molar-refractivity contribution is 0.188. The van der Waals surface area contributed by atoms with Crippen LogP contribution in [0.3, 0.4) is 0 Å². The Kier molecular flexibility index (Phi) is 4.77. The SMILES string of the molecule is CNC(CO)COc1cc(C)cc(C)c1C. The summed E-state index contributed by atoms with van der Waals surface area (Å²) in [6.07, 6.45) is 0. The average Bonchev–Trinajstić information content (AvgIpc) is 2.26. The second-order valence-corrected chi connectivity index (χ2v) is 4.18. The average molecular weight is 223 g/mol. The Morgan fingerprint density at radius 2 is 2.00 bits per heavy atom. The molecule has 0 aliphatic rings. The second kappa shape index (κ2) is 5.87. The summed E-state index contributed by atoms with van der Waals surface area (Å²) in [5.41, 5.74) is 3.60. The van der Waals surface area contributed by atoms with Crippen LogP contribution >= 0.6 is 0 Å². The molecule has 1 rings (SSSR count).